The topological polar surface area (TPSA) is 51.9 Å². The fraction of sp³-hybridized carbons (Fsp3) is 0.429. The Kier molecular flexibility index (Phi) is 3.46. The smallest absolute Gasteiger partial charge is 0.250 e. The van der Waals surface area contributed by atoms with Gasteiger partial charge in [0.2, 0.25) is 0 Å². The van der Waals surface area contributed by atoms with Crippen molar-refractivity contribution < 1.29 is 0 Å². The summed E-state index contributed by atoms with van der Waals surface area (Å²) < 4.78 is 3.83. The molecule has 0 saturated heterocycles. The molecule has 2 aromatic rings. The number of aryl methyl sites for hydroxylation is 2. The van der Waals surface area contributed by atoms with Crippen LogP contribution in [-0.2, 0) is 19.6 Å². The summed E-state index contributed by atoms with van der Waals surface area (Å²) in [6.07, 6.45) is 8.16. The zero-order valence-electron chi connectivity index (χ0n) is 10.8. The third-order valence-corrected chi connectivity index (χ3v) is 3.41. The van der Waals surface area contributed by atoms with E-state index in [1.807, 2.05) is 24.7 Å². The fourth-order valence-corrected chi connectivity index (χ4v) is 2.09. The number of hydrogen-bond donors (Lipinski definition) is 1. The second-order valence-electron chi connectivity index (χ2n) is 4.92. The molecule has 0 radical (unpaired) electrons. The Bertz CT molecular complexity index is 597. The van der Waals surface area contributed by atoms with Gasteiger partial charge >= 0.3 is 0 Å². The van der Waals surface area contributed by atoms with Gasteiger partial charge in [0.15, 0.2) is 0 Å². The molecule has 3 rings (SSSR count). The highest BCUT2D eigenvalue weighted by Crippen LogP contribution is 2.19. The lowest BCUT2D eigenvalue weighted by Gasteiger charge is -2.09. The zero-order chi connectivity index (χ0) is 13.1. The van der Waals surface area contributed by atoms with Crippen LogP contribution in [0.15, 0.2) is 41.6 Å². The number of imidazole rings is 1. The summed E-state index contributed by atoms with van der Waals surface area (Å²) in [6.45, 7) is 2.25. The van der Waals surface area contributed by atoms with Gasteiger partial charge in [-0.2, -0.15) is 0 Å². The van der Waals surface area contributed by atoms with Crippen LogP contribution in [0.25, 0.3) is 0 Å². The first-order chi connectivity index (χ1) is 9.33. The Morgan fingerprint density at radius 2 is 2.05 bits per heavy atom. The summed E-state index contributed by atoms with van der Waals surface area (Å²) in [5.74, 6) is 1.04. The van der Waals surface area contributed by atoms with E-state index in [0.717, 1.165) is 18.9 Å². The highest BCUT2D eigenvalue weighted by molar-refractivity contribution is 4.96. The molecule has 100 valence electrons. The Labute approximate surface area is 111 Å². The van der Waals surface area contributed by atoms with Crippen LogP contribution in [0, 0.1) is 0 Å². The number of aromatic nitrogens is 3. The molecule has 5 heteroatoms. The van der Waals surface area contributed by atoms with E-state index in [1.165, 1.54) is 12.8 Å². The van der Waals surface area contributed by atoms with Crippen molar-refractivity contribution in [3.8, 4) is 0 Å². The molecule has 0 atom stereocenters. The molecule has 1 fully saturated rings. The van der Waals surface area contributed by atoms with Crippen LogP contribution in [-0.4, -0.2) is 20.2 Å². The highest BCUT2D eigenvalue weighted by Gasteiger charge is 2.20. The zero-order valence-corrected chi connectivity index (χ0v) is 10.8. The Morgan fingerprint density at radius 1 is 1.21 bits per heavy atom. The van der Waals surface area contributed by atoms with E-state index in [-0.39, 0.29) is 5.56 Å². The van der Waals surface area contributed by atoms with Gasteiger partial charge in [0, 0.05) is 43.8 Å². The minimum Gasteiger partial charge on any atom is -0.332 e. The molecule has 1 N–H and O–H groups in total. The van der Waals surface area contributed by atoms with Gasteiger partial charge in [-0.15, -0.1) is 0 Å². The molecule has 0 amide bonds. The second-order valence-corrected chi connectivity index (χ2v) is 4.92. The lowest BCUT2D eigenvalue weighted by molar-refractivity contribution is 0.531. The van der Waals surface area contributed by atoms with Gasteiger partial charge in [-0.25, -0.2) is 4.98 Å². The molecular formula is C14H18N4O. The van der Waals surface area contributed by atoms with Crippen molar-refractivity contribution in [2.75, 3.05) is 0 Å². The quantitative estimate of drug-likeness (QED) is 0.841. The van der Waals surface area contributed by atoms with Crippen molar-refractivity contribution in [3.05, 3.63) is 53.0 Å². The van der Waals surface area contributed by atoms with Crippen LogP contribution in [0.2, 0.25) is 0 Å². The number of nitrogens with one attached hydrogen (secondary N) is 1. The molecule has 0 aliphatic heterocycles. The predicted molar refractivity (Wildman–Crippen MR) is 72.8 cm³/mol. The first-order valence-electron chi connectivity index (χ1n) is 6.72. The van der Waals surface area contributed by atoms with Gasteiger partial charge in [0.25, 0.3) is 5.56 Å². The molecule has 0 unspecified atom stereocenters. The Balaban J connectivity index is 1.61. The van der Waals surface area contributed by atoms with Gasteiger partial charge in [-0.1, -0.05) is 6.07 Å². The standard InChI is InChI=1S/C14H18N4O/c19-14-3-1-2-7-18(14)10-9-17-8-6-15-13(17)11-16-12-4-5-12/h1-3,6-8,12,16H,4-5,9-11H2. The lowest BCUT2D eigenvalue weighted by Crippen LogP contribution is -2.23. The monoisotopic (exact) mass is 258 g/mol. The summed E-state index contributed by atoms with van der Waals surface area (Å²) in [7, 11) is 0. The molecule has 2 aromatic heterocycles. The van der Waals surface area contributed by atoms with Gasteiger partial charge < -0.3 is 14.5 Å². The van der Waals surface area contributed by atoms with E-state index < -0.39 is 0 Å². The van der Waals surface area contributed by atoms with E-state index in [1.54, 1.807) is 16.7 Å². The lowest BCUT2D eigenvalue weighted by atomic mass is 10.4. The molecule has 1 aliphatic carbocycles. The van der Waals surface area contributed by atoms with Crippen molar-refractivity contribution in [1.29, 1.82) is 0 Å². The van der Waals surface area contributed by atoms with Crippen molar-refractivity contribution >= 4 is 0 Å². The predicted octanol–water partition coefficient (Wildman–Crippen LogP) is 0.997. The summed E-state index contributed by atoms with van der Waals surface area (Å²) in [5.41, 5.74) is 0.0419. The number of nitrogens with zero attached hydrogens (tertiary/aromatic N) is 3. The highest BCUT2D eigenvalue weighted by atomic mass is 16.1. The van der Waals surface area contributed by atoms with Crippen LogP contribution in [0.4, 0.5) is 0 Å². The normalized spacial score (nSPS) is 14.7. The summed E-state index contributed by atoms with van der Waals surface area (Å²) in [5, 5.41) is 3.46. The van der Waals surface area contributed by atoms with Gasteiger partial charge in [-0.3, -0.25) is 4.79 Å². The molecule has 2 heterocycles. The average Bonchev–Trinajstić information content (AvgIpc) is 3.14. The fourth-order valence-electron chi connectivity index (χ4n) is 2.09. The van der Waals surface area contributed by atoms with Crippen LogP contribution in [0.5, 0.6) is 0 Å². The first kappa shape index (κ1) is 12.2. The summed E-state index contributed by atoms with van der Waals surface area (Å²) in [6, 6.07) is 5.91. The van der Waals surface area contributed by atoms with Gasteiger partial charge in [-0.05, 0) is 18.9 Å². The minimum atomic E-state index is 0.0419. The largest absolute Gasteiger partial charge is 0.332 e. The Morgan fingerprint density at radius 3 is 2.84 bits per heavy atom. The van der Waals surface area contributed by atoms with E-state index in [0.29, 0.717) is 12.6 Å². The van der Waals surface area contributed by atoms with Crippen LogP contribution < -0.4 is 10.9 Å². The van der Waals surface area contributed by atoms with E-state index in [2.05, 4.69) is 14.9 Å². The van der Waals surface area contributed by atoms with Crippen LogP contribution in [0.3, 0.4) is 0 Å². The van der Waals surface area contributed by atoms with Crippen LogP contribution in [0.1, 0.15) is 18.7 Å². The molecule has 0 aromatic carbocycles. The van der Waals surface area contributed by atoms with Gasteiger partial charge in [0.05, 0.1) is 6.54 Å². The number of rotatable bonds is 6. The van der Waals surface area contributed by atoms with E-state index >= 15 is 0 Å². The maximum atomic E-state index is 11.6. The van der Waals surface area contributed by atoms with Crippen molar-refractivity contribution in [2.24, 2.45) is 0 Å². The molecule has 19 heavy (non-hydrogen) atoms. The molecular weight excluding hydrogens is 240 g/mol. The maximum absolute atomic E-state index is 11.6. The summed E-state index contributed by atoms with van der Waals surface area (Å²) >= 11 is 0. The van der Waals surface area contributed by atoms with Crippen molar-refractivity contribution in [3.63, 3.8) is 0 Å². The molecule has 1 aliphatic rings. The van der Waals surface area contributed by atoms with E-state index in [9.17, 15) is 4.79 Å². The van der Waals surface area contributed by atoms with E-state index in [4.69, 9.17) is 0 Å². The molecule has 1 saturated carbocycles. The minimum absolute atomic E-state index is 0.0419. The molecule has 0 bridgehead atoms. The second kappa shape index (κ2) is 5.40. The number of pyridine rings is 1. The van der Waals surface area contributed by atoms with Crippen molar-refractivity contribution in [1.82, 2.24) is 19.4 Å². The molecule has 5 nitrogen and oxygen atoms in total. The van der Waals surface area contributed by atoms with Crippen molar-refractivity contribution in [2.45, 2.75) is 38.5 Å². The maximum Gasteiger partial charge on any atom is 0.250 e. The third kappa shape index (κ3) is 3.12. The summed E-state index contributed by atoms with van der Waals surface area (Å²) in [4.78, 5) is 16.0. The Hall–Kier alpha value is -1.88. The third-order valence-electron chi connectivity index (χ3n) is 3.41. The molecule has 0 spiro atoms. The average molecular weight is 258 g/mol. The van der Waals surface area contributed by atoms with Crippen LogP contribution >= 0.6 is 0 Å². The number of hydrogen-bond acceptors (Lipinski definition) is 3. The van der Waals surface area contributed by atoms with Gasteiger partial charge in [0.1, 0.15) is 5.82 Å². The SMILES string of the molecule is O=c1ccccn1CCn1ccnc1CNC1CC1. The first-order valence-corrected chi connectivity index (χ1v) is 6.72.